The normalized spacial score (nSPS) is 15.1. The van der Waals surface area contributed by atoms with Gasteiger partial charge in [0, 0.05) is 13.0 Å². The Kier molecular flexibility index (Phi) is 8.55. The summed E-state index contributed by atoms with van der Waals surface area (Å²) in [4.78, 5) is 23.3. The van der Waals surface area contributed by atoms with Gasteiger partial charge in [0.2, 0.25) is 0 Å². The number of esters is 1. The number of alkyl halides is 8. The highest BCUT2D eigenvalue weighted by Gasteiger charge is 2.67. The van der Waals surface area contributed by atoms with Crippen LogP contribution in [0.4, 0.5) is 35.1 Å². The summed E-state index contributed by atoms with van der Waals surface area (Å²) in [5.41, 5.74) is -2.51. The smallest absolute Gasteiger partial charge is 0.466 e. The second-order valence-electron chi connectivity index (χ2n) is 5.17. The Bertz CT molecular complexity index is 790. The maximum atomic E-state index is 13.5. The molecule has 174 valence electrons. The van der Waals surface area contributed by atoms with Crippen LogP contribution in [0.5, 0.6) is 0 Å². The minimum Gasteiger partial charge on any atom is -0.743 e. The van der Waals surface area contributed by atoms with Crippen LogP contribution in [0.1, 0.15) is 6.42 Å². The Balaban J connectivity index is 6.09. The van der Waals surface area contributed by atoms with E-state index in [4.69, 9.17) is 0 Å². The summed E-state index contributed by atoms with van der Waals surface area (Å²) in [6.45, 7) is 2.32. The van der Waals surface area contributed by atoms with Crippen LogP contribution in [0.3, 0.4) is 0 Å². The first-order valence-electron chi connectivity index (χ1n) is 7.15. The van der Waals surface area contributed by atoms with Crippen molar-refractivity contribution in [2.75, 3.05) is 13.2 Å². The lowest BCUT2D eigenvalue weighted by molar-refractivity contribution is -0.348. The summed E-state index contributed by atoms with van der Waals surface area (Å²) in [7, 11) is -6.37. The van der Waals surface area contributed by atoms with E-state index in [0.29, 0.717) is 0 Å². The van der Waals surface area contributed by atoms with Crippen molar-refractivity contribution in [2.45, 2.75) is 29.8 Å². The van der Waals surface area contributed by atoms with E-state index in [2.05, 4.69) is 22.6 Å². The summed E-state index contributed by atoms with van der Waals surface area (Å²) < 4.78 is 142. The monoisotopic (exact) mass is 478 g/mol. The van der Waals surface area contributed by atoms with E-state index < -0.39 is 70.5 Å². The maximum absolute atomic E-state index is 13.5. The van der Waals surface area contributed by atoms with Crippen LogP contribution in [0.25, 0.3) is 0 Å². The molecule has 0 saturated carbocycles. The number of hydrogen-bond donors (Lipinski definition) is 1. The first-order valence-corrected chi connectivity index (χ1v) is 8.56. The number of rotatable bonds is 10. The third-order valence-corrected chi connectivity index (χ3v) is 3.90. The molecule has 0 saturated heterocycles. The zero-order chi connectivity index (χ0) is 24.2. The highest BCUT2D eigenvalue weighted by molar-refractivity contribution is 7.86. The average molecular weight is 478 g/mol. The van der Waals surface area contributed by atoms with Crippen molar-refractivity contribution in [3.05, 3.63) is 24.8 Å². The standard InChI is InChI=1S/C13H13F8NO7S/c1-3-5-22-9(24)11(13(19,20)21,29-8(23)7(2)12(16,17)18)28-6-4-10(14,15)30(25,26)27/h3H,1-2,4-6H2,(H,22,24)(H,25,26,27)/p-1. The molecular weight excluding hydrogens is 466 g/mol. The van der Waals surface area contributed by atoms with Gasteiger partial charge in [-0.2, -0.15) is 35.1 Å². The van der Waals surface area contributed by atoms with Crippen molar-refractivity contribution in [3.8, 4) is 0 Å². The second-order valence-corrected chi connectivity index (χ2v) is 6.67. The Morgan fingerprint density at radius 3 is 1.93 bits per heavy atom. The van der Waals surface area contributed by atoms with Gasteiger partial charge in [-0.3, -0.25) is 4.79 Å². The molecule has 1 N–H and O–H groups in total. The van der Waals surface area contributed by atoms with Crippen molar-refractivity contribution in [2.24, 2.45) is 0 Å². The molecule has 0 fully saturated rings. The third kappa shape index (κ3) is 6.63. The number of carbonyl (C=O) groups is 2. The Labute approximate surface area is 163 Å². The van der Waals surface area contributed by atoms with Crippen molar-refractivity contribution in [1.29, 1.82) is 0 Å². The molecule has 0 bridgehead atoms. The Hall–Kier alpha value is -2.27. The van der Waals surface area contributed by atoms with Gasteiger partial charge in [-0.1, -0.05) is 12.7 Å². The first kappa shape index (κ1) is 27.7. The lowest BCUT2D eigenvalue weighted by atomic mass is 10.2. The van der Waals surface area contributed by atoms with Crippen molar-refractivity contribution in [1.82, 2.24) is 5.32 Å². The highest BCUT2D eigenvalue weighted by atomic mass is 32.2. The highest BCUT2D eigenvalue weighted by Crippen LogP contribution is 2.38. The molecule has 0 aliphatic heterocycles. The van der Waals surface area contributed by atoms with E-state index in [0.717, 1.165) is 6.08 Å². The summed E-state index contributed by atoms with van der Waals surface area (Å²) in [6, 6.07) is 0. The second kappa shape index (κ2) is 9.25. The fraction of sp³-hybridized carbons (Fsp3) is 0.538. The van der Waals surface area contributed by atoms with Gasteiger partial charge in [-0.25, -0.2) is 13.2 Å². The molecule has 0 aromatic heterocycles. The summed E-state index contributed by atoms with van der Waals surface area (Å²) in [5, 5.41) is -3.80. The number of halogens is 8. The fourth-order valence-corrected chi connectivity index (χ4v) is 1.77. The zero-order valence-corrected chi connectivity index (χ0v) is 15.2. The van der Waals surface area contributed by atoms with Crippen LogP contribution in [0, 0.1) is 0 Å². The van der Waals surface area contributed by atoms with Crippen molar-refractivity contribution < 1.29 is 67.2 Å². The van der Waals surface area contributed by atoms with Gasteiger partial charge in [0.05, 0.1) is 6.61 Å². The third-order valence-electron chi connectivity index (χ3n) is 2.97. The molecule has 30 heavy (non-hydrogen) atoms. The largest absolute Gasteiger partial charge is 0.743 e. The molecule has 0 rings (SSSR count). The molecule has 1 unspecified atom stereocenters. The van der Waals surface area contributed by atoms with Crippen LogP contribution in [-0.2, 0) is 29.2 Å². The number of hydrogen-bond acceptors (Lipinski definition) is 7. The minimum atomic E-state index is -6.37. The fourth-order valence-electron chi connectivity index (χ4n) is 1.44. The van der Waals surface area contributed by atoms with Gasteiger partial charge in [0.15, 0.2) is 10.1 Å². The first-order chi connectivity index (χ1) is 13.2. The van der Waals surface area contributed by atoms with E-state index in [-0.39, 0.29) is 0 Å². The minimum absolute atomic E-state index is 0.775. The summed E-state index contributed by atoms with van der Waals surface area (Å²) in [6.07, 6.45) is -13.2. The quantitative estimate of drug-likeness (QED) is 0.127. The number of carbonyl (C=O) groups excluding carboxylic acids is 2. The molecule has 1 amide bonds. The molecule has 17 heteroatoms. The average Bonchev–Trinajstić information content (AvgIpc) is 2.54. The summed E-state index contributed by atoms with van der Waals surface area (Å²) in [5.74, 6) is -10.2. The molecule has 0 aromatic rings. The van der Waals surface area contributed by atoms with Crippen LogP contribution >= 0.6 is 0 Å². The van der Waals surface area contributed by atoms with Gasteiger partial charge >= 0.3 is 35.3 Å². The van der Waals surface area contributed by atoms with E-state index in [1.54, 1.807) is 0 Å². The molecule has 0 heterocycles. The molecule has 0 aromatic carbocycles. The SMILES string of the molecule is C=CCNC(=O)C(OCCC(F)(F)S(=O)(=O)[O-])(OC(=O)C(=C)C(F)(F)F)C(F)(F)F. The van der Waals surface area contributed by atoms with Crippen LogP contribution in [0.15, 0.2) is 24.8 Å². The topological polar surface area (TPSA) is 122 Å². The molecule has 8 nitrogen and oxygen atoms in total. The Morgan fingerprint density at radius 1 is 1.07 bits per heavy atom. The predicted molar refractivity (Wildman–Crippen MR) is 78.5 cm³/mol. The zero-order valence-electron chi connectivity index (χ0n) is 14.4. The molecular formula is C13H12F8NO7S-. The maximum Gasteiger partial charge on any atom is 0.466 e. The van der Waals surface area contributed by atoms with Gasteiger partial charge < -0.3 is 19.3 Å². The number of amides is 1. The summed E-state index contributed by atoms with van der Waals surface area (Å²) >= 11 is 0. The van der Waals surface area contributed by atoms with Gasteiger partial charge in [0.25, 0.3) is 0 Å². The van der Waals surface area contributed by atoms with Crippen LogP contribution < -0.4 is 5.32 Å². The van der Waals surface area contributed by atoms with Gasteiger partial charge in [-0.15, -0.1) is 6.58 Å². The lowest BCUT2D eigenvalue weighted by Crippen LogP contribution is -2.62. The van der Waals surface area contributed by atoms with Crippen LogP contribution in [-0.4, -0.2) is 61.4 Å². The molecule has 0 aliphatic carbocycles. The van der Waals surface area contributed by atoms with Crippen LogP contribution in [0.2, 0.25) is 0 Å². The predicted octanol–water partition coefficient (Wildman–Crippen LogP) is 1.75. The molecule has 0 aliphatic rings. The number of ether oxygens (including phenoxy) is 2. The molecule has 1 atom stereocenters. The van der Waals surface area contributed by atoms with E-state index in [9.17, 15) is 57.7 Å². The number of nitrogens with one attached hydrogen (secondary N) is 1. The van der Waals surface area contributed by atoms with Gasteiger partial charge in [0.1, 0.15) is 5.57 Å². The van der Waals surface area contributed by atoms with E-state index in [1.807, 2.05) is 0 Å². The Morgan fingerprint density at radius 2 is 1.57 bits per heavy atom. The van der Waals surface area contributed by atoms with Gasteiger partial charge in [-0.05, 0) is 0 Å². The van der Waals surface area contributed by atoms with E-state index >= 15 is 0 Å². The molecule has 0 spiro atoms. The van der Waals surface area contributed by atoms with Crippen molar-refractivity contribution >= 4 is 22.0 Å². The van der Waals surface area contributed by atoms with E-state index in [1.165, 1.54) is 5.32 Å². The molecule has 0 radical (unpaired) electrons. The van der Waals surface area contributed by atoms with Crippen molar-refractivity contribution in [3.63, 3.8) is 0 Å². The lowest BCUT2D eigenvalue weighted by Gasteiger charge is -2.33.